The highest BCUT2D eigenvalue weighted by molar-refractivity contribution is 7.85. The summed E-state index contributed by atoms with van der Waals surface area (Å²) in [5.41, 5.74) is -0.0862. The van der Waals surface area contributed by atoms with Gasteiger partial charge in [-0.05, 0) is 0 Å². The SMILES string of the molecule is C=C1CC(=O)OC2(C1)CS(=O)CC2C#N. The fraction of sp³-hybridized carbons (Fsp3) is 0.600. The molecule has 2 aliphatic rings. The number of rotatable bonds is 0. The summed E-state index contributed by atoms with van der Waals surface area (Å²) in [4.78, 5) is 11.3. The van der Waals surface area contributed by atoms with Crippen LogP contribution in [-0.2, 0) is 20.3 Å². The fourth-order valence-electron chi connectivity index (χ4n) is 2.19. The molecule has 2 saturated heterocycles. The lowest BCUT2D eigenvalue weighted by Crippen LogP contribution is -2.45. The molecule has 0 radical (unpaired) electrons. The van der Waals surface area contributed by atoms with Crippen molar-refractivity contribution in [2.45, 2.75) is 18.4 Å². The molecule has 3 unspecified atom stereocenters. The second-order valence-corrected chi connectivity index (χ2v) is 5.58. The molecule has 2 aliphatic heterocycles. The van der Waals surface area contributed by atoms with Crippen molar-refractivity contribution in [3.05, 3.63) is 12.2 Å². The van der Waals surface area contributed by atoms with E-state index >= 15 is 0 Å². The van der Waals surface area contributed by atoms with E-state index in [-0.39, 0.29) is 18.1 Å². The van der Waals surface area contributed by atoms with E-state index in [0.29, 0.717) is 12.2 Å². The van der Waals surface area contributed by atoms with E-state index in [9.17, 15) is 9.00 Å². The van der Waals surface area contributed by atoms with Crippen LogP contribution < -0.4 is 0 Å². The smallest absolute Gasteiger partial charge is 0.310 e. The molecule has 0 bridgehead atoms. The van der Waals surface area contributed by atoms with Crippen molar-refractivity contribution in [1.29, 1.82) is 5.26 Å². The van der Waals surface area contributed by atoms with Gasteiger partial charge in [0.2, 0.25) is 0 Å². The molecule has 2 rings (SSSR count). The Kier molecular flexibility index (Phi) is 2.39. The van der Waals surface area contributed by atoms with Gasteiger partial charge < -0.3 is 4.74 Å². The van der Waals surface area contributed by atoms with Crippen molar-refractivity contribution in [3.63, 3.8) is 0 Å². The summed E-state index contributed by atoms with van der Waals surface area (Å²) in [6.07, 6.45) is 0.690. The highest BCUT2D eigenvalue weighted by Gasteiger charge is 2.52. The molecule has 2 fully saturated rings. The van der Waals surface area contributed by atoms with Crippen molar-refractivity contribution in [3.8, 4) is 6.07 Å². The lowest BCUT2D eigenvalue weighted by molar-refractivity contribution is -0.162. The number of hydrogen-bond acceptors (Lipinski definition) is 4. The first-order valence-corrected chi connectivity index (χ1v) is 6.17. The van der Waals surface area contributed by atoms with Crippen LogP contribution in [0.15, 0.2) is 12.2 Å². The number of hydrogen-bond donors (Lipinski definition) is 0. The minimum absolute atomic E-state index is 0.215. The quantitative estimate of drug-likeness (QED) is 0.445. The highest BCUT2D eigenvalue weighted by atomic mass is 32.2. The second kappa shape index (κ2) is 3.46. The van der Waals surface area contributed by atoms with E-state index in [2.05, 4.69) is 12.6 Å². The Morgan fingerprint density at radius 3 is 3.00 bits per heavy atom. The Morgan fingerprint density at radius 2 is 2.40 bits per heavy atom. The minimum Gasteiger partial charge on any atom is -0.456 e. The van der Waals surface area contributed by atoms with Crippen LogP contribution in [0, 0.1) is 17.2 Å². The van der Waals surface area contributed by atoms with Crippen LogP contribution in [0.1, 0.15) is 12.8 Å². The Morgan fingerprint density at radius 1 is 1.67 bits per heavy atom. The lowest BCUT2D eigenvalue weighted by atomic mass is 9.83. The zero-order valence-electron chi connectivity index (χ0n) is 8.19. The van der Waals surface area contributed by atoms with Gasteiger partial charge >= 0.3 is 5.97 Å². The van der Waals surface area contributed by atoms with Crippen LogP contribution in [0.3, 0.4) is 0 Å². The summed E-state index contributed by atoms with van der Waals surface area (Å²) < 4.78 is 16.7. The average molecular weight is 225 g/mol. The van der Waals surface area contributed by atoms with Gasteiger partial charge in [-0.15, -0.1) is 0 Å². The number of ether oxygens (including phenoxy) is 1. The van der Waals surface area contributed by atoms with Crippen molar-refractivity contribution in [2.75, 3.05) is 11.5 Å². The first-order chi connectivity index (χ1) is 7.05. The normalized spacial score (nSPS) is 40.2. The first-order valence-electron chi connectivity index (χ1n) is 4.69. The monoisotopic (exact) mass is 225 g/mol. The summed E-state index contributed by atoms with van der Waals surface area (Å²) in [5.74, 6) is -0.239. The molecule has 0 saturated carbocycles. The van der Waals surface area contributed by atoms with Gasteiger partial charge in [0.25, 0.3) is 0 Å². The van der Waals surface area contributed by atoms with Gasteiger partial charge in [-0.25, -0.2) is 0 Å². The minimum atomic E-state index is -1.06. The molecule has 1 spiro atoms. The third-order valence-electron chi connectivity index (χ3n) is 2.81. The van der Waals surface area contributed by atoms with Crippen molar-refractivity contribution < 1.29 is 13.7 Å². The first kappa shape index (κ1) is 10.4. The van der Waals surface area contributed by atoms with Gasteiger partial charge in [-0.3, -0.25) is 9.00 Å². The molecule has 3 atom stereocenters. The number of carbonyl (C=O) groups excluding carboxylic acids is 1. The van der Waals surface area contributed by atoms with Crippen LogP contribution in [0.25, 0.3) is 0 Å². The summed E-state index contributed by atoms with van der Waals surface area (Å²) >= 11 is 0. The molecule has 0 amide bonds. The largest absolute Gasteiger partial charge is 0.456 e. The zero-order chi connectivity index (χ0) is 11.1. The highest BCUT2D eigenvalue weighted by Crippen LogP contribution is 2.40. The summed E-state index contributed by atoms with van der Waals surface area (Å²) in [5, 5.41) is 8.97. The second-order valence-electron chi connectivity index (χ2n) is 4.07. The van der Waals surface area contributed by atoms with E-state index in [4.69, 9.17) is 10.00 Å². The van der Waals surface area contributed by atoms with E-state index in [1.165, 1.54) is 0 Å². The van der Waals surface area contributed by atoms with Crippen molar-refractivity contribution >= 4 is 16.8 Å². The Bertz CT molecular complexity index is 380. The molecule has 0 aromatic heterocycles. The summed E-state index contributed by atoms with van der Waals surface area (Å²) in [6.45, 7) is 3.77. The molecular weight excluding hydrogens is 214 g/mol. The van der Waals surface area contributed by atoms with Crippen LogP contribution >= 0.6 is 0 Å². The molecule has 80 valence electrons. The molecule has 0 aromatic carbocycles. The van der Waals surface area contributed by atoms with Gasteiger partial charge in [0.15, 0.2) is 0 Å². The Labute approximate surface area is 90.4 Å². The van der Waals surface area contributed by atoms with E-state index < -0.39 is 22.3 Å². The zero-order valence-corrected chi connectivity index (χ0v) is 9.01. The molecular formula is C10H11NO3S. The average Bonchev–Trinajstić information content (AvgIpc) is 2.39. The van der Waals surface area contributed by atoms with Crippen LogP contribution in [-0.4, -0.2) is 27.3 Å². The van der Waals surface area contributed by atoms with Crippen LogP contribution in [0.4, 0.5) is 0 Å². The van der Waals surface area contributed by atoms with Crippen LogP contribution in [0.5, 0.6) is 0 Å². The maximum Gasteiger partial charge on any atom is 0.310 e. The van der Waals surface area contributed by atoms with E-state index in [0.717, 1.165) is 5.57 Å². The van der Waals surface area contributed by atoms with E-state index in [1.807, 2.05) is 0 Å². The van der Waals surface area contributed by atoms with Gasteiger partial charge in [-0.1, -0.05) is 12.2 Å². The third-order valence-corrected chi connectivity index (χ3v) is 4.33. The number of nitrogens with zero attached hydrogens (tertiary/aromatic N) is 1. The molecule has 5 heteroatoms. The van der Waals surface area contributed by atoms with Gasteiger partial charge in [0.1, 0.15) is 5.60 Å². The van der Waals surface area contributed by atoms with Gasteiger partial charge in [0, 0.05) is 23.0 Å². The molecule has 0 N–H and O–H groups in total. The standard InChI is InChI=1S/C10H11NO3S/c1-7-2-9(12)14-10(3-7)6-15(13)5-8(10)4-11/h8H,1-3,5-6H2. The number of nitriles is 1. The predicted molar refractivity (Wildman–Crippen MR) is 54.2 cm³/mol. The predicted octanol–water partition coefficient (Wildman–Crippen LogP) is 0.520. The number of esters is 1. The third kappa shape index (κ3) is 1.70. The maximum atomic E-state index is 11.4. The molecule has 15 heavy (non-hydrogen) atoms. The van der Waals surface area contributed by atoms with Crippen molar-refractivity contribution in [1.82, 2.24) is 0 Å². The van der Waals surface area contributed by atoms with Crippen molar-refractivity contribution in [2.24, 2.45) is 5.92 Å². The molecule has 0 aromatic rings. The Balaban J connectivity index is 2.32. The van der Waals surface area contributed by atoms with Gasteiger partial charge in [0.05, 0.1) is 24.2 Å². The Hall–Kier alpha value is -1.15. The summed E-state index contributed by atoms with van der Waals surface area (Å²) in [6, 6.07) is 2.08. The van der Waals surface area contributed by atoms with Crippen LogP contribution in [0.2, 0.25) is 0 Å². The molecule has 0 aliphatic carbocycles. The fourth-order valence-corrected chi connectivity index (χ4v) is 3.96. The number of carbonyl (C=O) groups is 1. The molecule has 4 nitrogen and oxygen atoms in total. The summed E-state index contributed by atoms with van der Waals surface area (Å²) in [7, 11) is -1.06. The topological polar surface area (TPSA) is 67.2 Å². The van der Waals surface area contributed by atoms with E-state index in [1.54, 1.807) is 0 Å². The maximum absolute atomic E-state index is 11.4. The van der Waals surface area contributed by atoms with Gasteiger partial charge in [-0.2, -0.15) is 5.26 Å². The molecule has 2 heterocycles. The lowest BCUT2D eigenvalue weighted by Gasteiger charge is -2.35.